The maximum atomic E-state index is 13.7. The summed E-state index contributed by atoms with van der Waals surface area (Å²) in [7, 11) is 0. The van der Waals surface area contributed by atoms with Gasteiger partial charge < -0.3 is 10.1 Å². The molecule has 0 aromatic heterocycles. The molecular formula is C14H19F2NO. The van der Waals surface area contributed by atoms with Gasteiger partial charge in [-0.1, -0.05) is 26.0 Å². The van der Waals surface area contributed by atoms with E-state index < -0.39 is 17.7 Å². The van der Waals surface area contributed by atoms with Crippen LogP contribution in [-0.4, -0.2) is 19.2 Å². The van der Waals surface area contributed by atoms with Crippen molar-refractivity contribution in [2.45, 2.75) is 32.5 Å². The zero-order valence-electron chi connectivity index (χ0n) is 10.7. The normalized spacial score (nSPS) is 24.5. The molecule has 1 aliphatic rings. The maximum Gasteiger partial charge on any atom is 0.164 e. The molecule has 2 rings (SSSR count). The molecule has 2 unspecified atom stereocenters. The molecule has 2 atom stereocenters. The predicted octanol–water partition coefficient (Wildman–Crippen LogP) is 3.04. The largest absolute Gasteiger partial charge is 0.368 e. The Kier molecular flexibility index (Phi) is 4.30. The molecule has 1 heterocycles. The van der Waals surface area contributed by atoms with Crippen LogP contribution in [0.2, 0.25) is 0 Å². The number of ether oxygens (including phenoxy) is 1. The van der Waals surface area contributed by atoms with Crippen LogP contribution in [0.3, 0.4) is 0 Å². The number of hydrogen-bond donors (Lipinski definition) is 1. The summed E-state index contributed by atoms with van der Waals surface area (Å²) in [5.74, 6) is -1.09. The first-order chi connectivity index (χ1) is 8.58. The van der Waals surface area contributed by atoms with Crippen LogP contribution in [0.15, 0.2) is 18.2 Å². The monoisotopic (exact) mass is 255 g/mol. The first-order valence-electron chi connectivity index (χ1n) is 6.38. The SMILES string of the molecule is CC(C)CC1CNCC(c2cccc(F)c2F)O1. The van der Waals surface area contributed by atoms with E-state index in [1.165, 1.54) is 6.07 Å². The number of benzene rings is 1. The summed E-state index contributed by atoms with van der Waals surface area (Å²) < 4.78 is 32.7. The van der Waals surface area contributed by atoms with Gasteiger partial charge in [-0.3, -0.25) is 0 Å². The van der Waals surface area contributed by atoms with Crippen molar-refractivity contribution >= 4 is 0 Å². The van der Waals surface area contributed by atoms with Crippen molar-refractivity contribution < 1.29 is 13.5 Å². The van der Waals surface area contributed by atoms with Crippen LogP contribution in [0, 0.1) is 17.6 Å². The van der Waals surface area contributed by atoms with Gasteiger partial charge in [0, 0.05) is 18.7 Å². The first kappa shape index (κ1) is 13.4. The fourth-order valence-corrected chi connectivity index (χ4v) is 2.32. The molecule has 1 fully saturated rings. The van der Waals surface area contributed by atoms with Crippen molar-refractivity contribution in [2.75, 3.05) is 13.1 Å². The average molecular weight is 255 g/mol. The minimum absolute atomic E-state index is 0.0615. The second-order valence-corrected chi connectivity index (χ2v) is 5.18. The van der Waals surface area contributed by atoms with Crippen LogP contribution >= 0.6 is 0 Å². The van der Waals surface area contributed by atoms with Gasteiger partial charge in [0.05, 0.1) is 12.2 Å². The van der Waals surface area contributed by atoms with Gasteiger partial charge >= 0.3 is 0 Å². The van der Waals surface area contributed by atoms with E-state index in [1.54, 1.807) is 6.07 Å². The van der Waals surface area contributed by atoms with E-state index in [9.17, 15) is 8.78 Å². The van der Waals surface area contributed by atoms with Crippen LogP contribution in [0.1, 0.15) is 31.9 Å². The van der Waals surface area contributed by atoms with Crippen LogP contribution in [0.5, 0.6) is 0 Å². The van der Waals surface area contributed by atoms with E-state index in [4.69, 9.17) is 4.74 Å². The fourth-order valence-electron chi connectivity index (χ4n) is 2.32. The Bertz CT molecular complexity index is 409. The van der Waals surface area contributed by atoms with Crippen molar-refractivity contribution in [2.24, 2.45) is 5.92 Å². The summed E-state index contributed by atoms with van der Waals surface area (Å²) in [4.78, 5) is 0. The molecular weight excluding hydrogens is 236 g/mol. The third kappa shape index (κ3) is 3.06. The molecule has 4 heteroatoms. The molecule has 0 bridgehead atoms. The lowest BCUT2D eigenvalue weighted by Gasteiger charge is -2.32. The molecule has 1 aliphatic heterocycles. The summed E-state index contributed by atoms with van der Waals surface area (Å²) in [6, 6.07) is 4.23. The molecule has 18 heavy (non-hydrogen) atoms. The lowest BCUT2D eigenvalue weighted by molar-refractivity contribution is -0.0490. The molecule has 0 radical (unpaired) electrons. The summed E-state index contributed by atoms with van der Waals surface area (Å²) in [5, 5.41) is 3.22. The zero-order valence-corrected chi connectivity index (χ0v) is 10.7. The Balaban J connectivity index is 2.11. The third-order valence-electron chi connectivity index (χ3n) is 3.12. The quantitative estimate of drug-likeness (QED) is 0.896. The van der Waals surface area contributed by atoms with Crippen molar-refractivity contribution in [1.29, 1.82) is 0 Å². The van der Waals surface area contributed by atoms with Gasteiger partial charge in [-0.15, -0.1) is 0 Å². The predicted molar refractivity (Wildman–Crippen MR) is 66.3 cm³/mol. The van der Waals surface area contributed by atoms with Crippen molar-refractivity contribution in [3.8, 4) is 0 Å². The van der Waals surface area contributed by atoms with Gasteiger partial charge in [-0.05, 0) is 18.4 Å². The molecule has 1 aromatic carbocycles. The first-order valence-corrected chi connectivity index (χ1v) is 6.38. The summed E-state index contributed by atoms with van der Waals surface area (Å²) in [6.45, 7) is 5.53. The molecule has 1 aromatic rings. The lowest BCUT2D eigenvalue weighted by atomic mass is 10.0. The van der Waals surface area contributed by atoms with Crippen LogP contribution in [-0.2, 0) is 4.74 Å². The van der Waals surface area contributed by atoms with E-state index in [0.717, 1.165) is 19.0 Å². The van der Waals surface area contributed by atoms with Gasteiger partial charge in [-0.2, -0.15) is 0 Å². The Hall–Kier alpha value is -1.00. The number of rotatable bonds is 3. The highest BCUT2D eigenvalue weighted by atomic mass is 19.2. The maximum absolute atomic E-state index is 13.7. The molecule has 0 amide bonds. The minimum atomic E-state index is -0.818. The summed E-state index contributed by atoms with van der Waals surface area (Å²) >= 11 is 0. The molecule has 0 aliphatic carbocycles. The average Bonchev–Trinajstić information content (AvgIpc) is 2.32. The highest BCUT2D eigenvalue weighted by molar-refractivity contribution is 5.22. The smallest absolute Gasteiger partial charge is 0.164 e. The Morgan fingerprint density at radius 1 is 1.33 bits per heavy atom. The number of hydrogen-bond acceptors (Lipinski definition) is 2. The Morgan fingerprint density at radius 2 is 2.11 bits per heavy atom. The summed E-state index contributed by atoms with van der Waals surface area (Å²) in [6.07, 6.45) is 0.574. The van der Waals surface area contributed by atoms with E-state index >= 15 is 0 Å². The number of halogens is 2. The molecule has 2 nitrogen and oxygen atoms in total. The van der Waals surface area contributed by atoms with E-state index in [1.807, 2.05) is 0 Å². The minimum Gasteiger partial charge on any atom is -0.368 e. The lowest BCUT2D eigenvalue weighted by Crippen LogP contribution is -2.41. The van der Waals surface area contributed by atoms with E-state index in [0.29, 0.717) is 18.0 Å². The third-order valence-corrected chi connectivity index (χ3v) is 3.12. The van der Waals surface area contributed by atoms with Gasteiger partial charge in [0.25, 0.3) is 0 Å². The molecule has 1 N–H and O–H groups in total. The fraction of sp³-hybridized carbons (Fsp3) is 0.571. The van der Waals surface area contributed by atoms with Gasteiger partial charge in [0.15, 0.2) is 11.6 Å². The Labute approximate surface area is 106 Å². The standard InChI is InChI=1S/C14H19F2NO/c1-9(2)6-10-7-17-8-13(18-10)11-4-3-5-12(15)14(11)16/h3-5,9-10,13,17H,6-8H2,1-2H3. The number of morpholine rings is 1. The van der Waals surface area contributed by atoms with Crippen LogP contribution < -0.4 is 5.32 Å². The van der Waals surface area contributed by atoms with Gasteiger partial charge in [-0.25, -0.2) is 8.78 Å². The zero-order chi connectivity index (χ0) is 13.1. The van der Waals surface area contributed by atoms with Crippen LogP contribution in [0.25, 0.3) is 0 Å². The van der Waals surface area contributed by atoms with Crippen molar-refractivity contribution in [1.82, 2.24) is 5.32 Å². The van der Waals surface area contributed by atoms with Gasteiger partial charge in [0.1, 0.15) is 0 Å². The Morgan fingerprint density at radius 3 is 2.83 bits per heavy atom. The highest BCUT2D eigenvalue weighted by Crippen LogP contribution is 2.27. The topological polar surface area (TPSA) is 21.3 Å². The van der Waals surface area contributed by atoms with Crippen molar-refractivity contribution in [3.63, 3.8) is 0 Å². The molecule has 100 valence electrons. The second kappa shape index (κ2) is 5.76. The van der Waals surface area contributed by atoms with Crippen molar-refractivity contribution in [3.05, 3.63) is 35.4 Å². The van der Waals surface area contributed by atoms with E-state index in [-0.39, 0.29) is 6.10 Å². The second-order valence-electron chi connectivity index (χ2n) is 5.18. The highest BCUT2D eigenvalue weighted by Gasteiger charge is 2.26. The van der Waals surface area contributed by atoms with Crippen LogP contribution in [0.4, 0.5) is 8.78 Å². The van der Waals surface area contributed by atoms with E-state index in [2.05, 4.69) is 19.2 Å². The summed E-state index contributed by atoms with van der Waals surface area (Å²) in [5.41, 5.74) is 0.302. The molecule has 0 spiro atoms. The number of nitrogens with one attached hydrogen (secondary N) is 1. The van der Waals surface area contributed by atoms with Gasteiger partial charge in [0.2, 0.25) is 0 Å². The molecule has 0 saturated carbocycles. The molecule has 1 saturated heterocycles.